The molecule has 1 aliphatic rings. The van der Waals surface area contributed by atoms with Crippen molar-refractivity contribution in [3.63, 3.8) is 0 Å². The van der Waals surface area contributed by atoms with E-state index in [-0.39, 0.29) is 11.9 Å². The minimum atomic E-state index is 0.0967. The third kappa shape index (κ3) is 3.55. The van der Waals surface area contributed by atoms with Crippen LogP contribution in [-0.2, 0) is 6.42 Å². The Labute approximate surface area is 137 Å². The average Bonchev–Trinajstić information content (AvgIpc) is 2.59. The van der Waals surface area contributed by atoms with E-state index in [0.29, 0.717) is 12.5 Å². The zero-order valence-electron chi connectivity index (χ0n) is 13.7. The van der Waals surface area contributed by atoms with Crippen LogP contribution in [0.2, 0.25) is 0 Å². The highest BCUT2D eigenvalue weighted by Crippen LogP contribution is 2.27. The zero-order valence-corrected chi connectivity index (χ0v) is 13.7. The van der Waals surface area contributed by atoms with Gasteiger partial charge in [0.05, 0.1) is 6.61 Å². The Kier molecular flexibility index (Phi) is 4.65. The molecule has 23 heavy (non-hydrogen) atoms. The number of hydrogen-bond acceptors (Lipinski definition) is 2. The largest absolute Gasteiger partial charge is 0.493 e. The molecular weight excluding hydrogens is 286 g/mol. The van der Waals surface area contributed by atoms with E-state index in [9.17, 15) is 4.79 Å². The number of amides is 1. The van der Waals surface area contributed by atoms with Crippen LogP contribution < -0.4 is 4.74 Å². The predicted molar refractivity (Wildman–Crippen MR) is 91.7 cm³/mol. The smallest absolute Gasteiger partial charge is 0.254 e. The normalized spacial score (nSPS) is 16.6. The number of hydrogen-bond donors (Lipinski definition) is 0. The summed E-state index contributed by atoms with van der Waals surface area (Å²) in [4.78, 5) is 14.7. The molecular formula is C20H23NO2. The van der Waals surface area contributed by atoms with Crippen LogP contribution in [0.4, 0.5) is 0 Å². The first-order valence-corrected chi connectivity index (χ1v) is 8.22. The minimum Gasteiger partial charge on any atom is -0.493 e. The molecule has 1 amide bonds. The Morgan fingerprint density at radius 1 is 1.13 bits per heavy atom. The number of carbonyl (C=O) groups excluding carboxylic acids is 1. The molecule has 0 radical (unpaired) electrons. The molecule has 2 aromatic rings. The van der Waals surface area contributed by atoms with Gasteiger partial charge in [-0.25, -0.2) is 0 Å². The SMILES string of the molecule is CC(C)N(CC1COc2ccccc2C1)C(=O)c1ccccc1. The number of benzene rings is 2. The maximum atomic E-state index is 12.8. The van der Waals surface area contributed by atoms with Gasteiger partial charge < -0.3 is 9.64 Å². The number of rotatable bonds is 4. The molecule has 1 aliphatic heterocycles. The van der Waals surface area contributed by atoms with Gasteiger partial charge in [-0.15, -0.1) is 0 Å². The van der Waals surface area contributed by atoms with E-state index in [1.165, 1.54) is 5.56 Å². The van der Waals surface area contributed by atoms with Crippen molar-refractivity contribution in [3.8, 4) is 5.75 Å². The molecule has 2 aromatic carbocycles. The third-order valence-corrected chi connectivity index (χ3v) is 4.32. The predicted octanol–water partition coefficient (Wildman–Crippen LogP) is 3.79. The highest BCUT2D eigenvalue weighted by molar-refractivity contribution is 5.94. The van der Waals surface area contributed by atoms with Crippen LogP contribution in [0.3, 0.4) is 0 Å². The first kappa shape index (κ1) is 15.6. The second kappa shape index (κ2) is 6.86. The quantitative estimate of drug-likeness (QED) is 0.860. The average molecular weight is 309 g/mol. The lowest BCUT2D eigenvalue weighted by atomic mass is 9.95. The number of para-hydroxylation sites is 1. The van der Waals surface area contributed by atoms with E-state index in [1.807, 2.05) is 53.4 Å². The first-order valence-electron chi connectivity index (χ1n) is 8.22. The topological polar surface area (TPSA) is 29.5 Å². The standard InChI is InChI=1S/C20H23NO2/c1-15(2)21(20(22)17-8-4-3-5-9-17)13-16-12-18-10-6-7-11-19(18)23-14-16/h3-11,15-16H,12-14H2,1-2H3. The van der Waals surface area contributed by atoms with E-state index >= 15 is 0 Å². The molecule has 0 aliphatic carbocycles. The van der Waals surface area contributed by atoms with Crippen molar-refractivity contribution < 1.29 is 9.53 Å². The Hall–Kier alpha value is -2.29. The van der Waals surface area contributed by atoms with E-state index < -0.39 is 0 Å². The summed E-state index contributed by atoms with van der Waals surface area (Å²) in [6, 6.07) is 17.8. The fourth-order valence-electron chi connectivity index (χ4n) is 3.06. The lowest BCUT2D eigenvalue weighted by Crippen LogP contribution is -2.43. The molecule has 0 saturated heterocycles. The van der Waals surface area contributed by atoms with Crippen LogP contribution in [0.15, 0.2) is 54.6 Å². The van der Waals surface area contributed by atoms with E-state index in [1.54, 1.807) is 0 Å². The van der Waals surface area contributed by atoms with Crippen molar-refractivity contribution in [2.45, 2.75) is 26.3 Å². The van der Waals surface area contributed by atoms with Gasteiger partial charge in [0.1, 0.15) is 5.75 Å². The molecule has 1 heterocycles. The van der Waals surface area contributed by atoms with Crippen LogP contribution in [0, 0.1) is 5.92 Å². The van der Waals surface area contributed by atoms with Crippen molar-refractivity contribution in [3.05, 3.63) is 65.7 Å². The summed E-state index contributed by atoms with van der Waals surface area (Å²) in [5.41, 5.74) is 1.98. The highest BCUT2D eigenvalue weighted by atomic mass is 16.5. The van der Waals surface area contributed by atoms with Gasteiger partial charge in [0.2, 0.25) is 0 Å². The summed E-state index contributed by atoms with van der Waals surface area (Å²) in [6.45, 7) is 5.53. The summed E-state index contributed by atoms with van der Waals surface area (Å²) >= 11 is 0. The van der Waals surface area contributed by atoms with Crippen LogP contribution in [-0.4, -0.2) is 30.0 Å². The van der Waals surface area contributed by atoms with E-state index in [0.717, 1.165) is 24.3 Å². The number of ether oxygens (including phenoxy) is 1. The van der Waals surface area contributed by atoms with Crippen LogP contribution >= 0.6 is 0 Å². The van der Waals surface area contributed by atoms with Crippen LogP contribution in [0.5, 0.6) is 5.75 Å². The lowest BCUT2D eigenvalue weighted by Gasteiger charge is -2.33. The van der Waals surface area contributed by atoms with Gasteiger partial charge in [-0.1, -0.05) is 36.4 Å². The molecule has 0 aromatic heterocycles. The van der Waals surface area contributed by atoms with Gasteiger partial charge in [-0.3, -0.25) is 4.79 Å². The number of fused-ring (bicyclic) bond motifs is 1. The monoisotopic (exact) mass is 309 g/mol. The Bertz CT molecular complexity index is 666. The Morgan fingerprint density at radius 2 is 1.83 bits per heavy atom. The molecule has 1 unspecified atom stereocenters. The zero-order chi connectivity index (χ0) is 16.2. The summed E-state index contributed by atoms with van der Waals surface area (Å²) in [5, 5.41) is 0. The van der Waals surface area contributed by atoms with Gasteiger partial charge in [-0.05, 0) is 44.0 Å². The molecule has 0 fully saturated rings. The molecule has 3 heteroatoms. The van der Waals surface area contributed by atoms with Crippen molar-refractivity contribution in [2.75, 3.05) is 13.2 Å². The minimum absolute atomic E-state index is 0.0967. The first-order chi connectivity index (χ1) is 11.1. The van der Waals surface area contributed by atoms with Crippen molar-refractivity contribution in [2.24, 2.45) is 5.92 Å². The fraction of sp³-hybridized carbons (Fsp3) is 0.350. The van der Waals surface area contributed by atoms with Gasteiger partial charge in [0.15, 0.2) is 0 Å². The maximum absolute atomic E-state index is 12.8. The molecule has 0 bridgehead atoms. The highest BCUT2D eigenvalue weighted by Gasteiger charge is 2.26. The molecule has 0 saturated carbocycles. The summed E-state index contributed by atoms with van der Waals surface area (Å²) < 4.78 is 5.86. The maximum Gasteiger partial charge on any atom is 0.254 e. The second-order valence-corrected chi connectivity index (χ2v) is 6.41. The van der Waals surface area contributed by atoms with Crippen molar-refractivity contribution in [1.82, 2.24) is 4.90 Å². The summed E-state index contributed by atoms with van der Waals surface area (Å²) in [7, 11) is 0. The fourth-order valence-corrected chi connectivity index (χ4v) is 3.06. The molecule has 3 nitrogen and oxygen atoms in total. The van der Waals surface area contributed by atoms with Gasteiger partial charge >= 0.3 is 0 Å². The van der Waals surface area contributed by atoms with E-state index in [4.69, 9.17) is 4.74 Å². The number of carbonyl (C=O) groups is 1. The molecule has 3 rings (SSSR count). The van der Waals surface area contributed by atoms with Crippen LogP contribution in [0.25, 0.3) is 0 Å². The van der Waals surface area contributed by atoms with Gasteiger partial charge in [-0.2, -0.15) is 0 Å². The molecule has 0 spiro atoms. The molecule has 120 valence electrons. The van der Waals surface area contributed by atoms with Gasteiger partial charge in [0, 0.05) is 24.1 Å². The van der Waals surface area contributed by atoms with Crippen molar-refractivity contribution in [1.29, 1.82) is 0 Å². The van der Waals surface area contributed by atoms with Crippen LogP contribution in [0.1, 0.15) is 29.8 Å². The Balaban J connectivity index is 1.73. The second-order valence-electron chi connectivity index (χ2n) is 6.41. The van der Waals surface area contributed by atoms with Crippen molar-refractivity contribution >= 4 is 5.91 Å². The third-order valence-electron chi connectivity index (χ3n) is 4.32. The molecule has 1 atom stereocenters. The number of nitrogens with zero attached hydrogens (tertiary/aromatic N) is 1. The van der Waals surface area contributed by atoms with E-state index in [2.05, 4.69) is 19.9 Å². The summed E-state index contributed by atoms with van der Waals surface area (Å²) in [5.74, 6) is 1.41. The van der Waals surface area contributed by atoms with Gasteiger partial charge in [0.25, 0.3) is 5.91 Å². The Morgan fingerprint density at radius 3 is 2.57 bits per heavy atom. The molecule has 0 N–H and O–H groups in total. The summed E-state index contributed by atoms with van der Waals surface area (Å²) in [6.07, 6.45) is 0.960. The lowest BCUT2D eigenvalue weighted by molar-refractivity contribution is 0.0636.